The van der Waals surface area contributed by atoms with Crippen LogP contribution in [-0.2, 0) is 0 Å². The Bertz CT molecular complexity index is 3520. The smallest absolute Gasteiger partial charge is 0.164 e. The van der Waals surface area contributed by atoms with E-state index in [-0.39, 0.29) is 0 Å². The third kappa shape index (κ3) is 5.22. The topological polar surface area (TPSA) is 43.6 Å². The average molecular weight is 763 g/mol. The average Bonchev–Trinajstić information content (AvgIpc) is 3.96. The summed E-state index contributed by atoms with van der Waals surface area (Å²) >= 11 is 3.61. The second-order valence-electron chi connectivity index (χ2n) is 14.4. The lowest BCUT2D eigenvalue weighted by Gasteiger charge is -2.11. The van der Waals surface area contributed by atoms with Crippen LogP contribution in [0.25, 0.3) is 113 Å². The van der Waals surface area contributed by atoms with Gasteiger partial charge in [-0.15, -0.1) is 22.7 Å². The summed E-state index contributed by atoms with van der Waals surface area (Å²) in [5, 5.41) is 7.38. The molecule has 0 fully saturated rings. The summed E-state index contributed by atoms with van der Waals surface area (Å²) in [5.74, 6) is 1.97. The number of fused-ring (bicyclic) bond motifs is 9. The van der Waals surface area contributed by atoms with Crippen LogP contribution < -0.4 is 0 Å². The third-order valence-electron chi connectivity index (χ3n) is 11.1. The highest BCUT2D eigenvalue weighted by atomic mass is 32.1. The van der Waals surface area contributed by atoms with E-state index in [1.165, 1.54) is 73.3 Å². The second-order valence-corrected chi connectivity index (χ2v) is 16.6. The van der Waals surface area contributed by atoms with Crippen LogP contribution in [-0.4, -0.2) is 19.5 Å². The molecule has 57 heavy (non-hydrogen) atoms. The molecule has 0 saturated heterocycles. The molecule has 0 aliphatic heterocycles. The fraction of sp³-hybridized carbons (Fsp3) is 0. The van der Waals surface area contributed by atoms with Crippen LogP contribution in [0.4, 0.5) is 0 Å². The van der Waals surface area contributed by atoms with Gasteiger partial charge in [-0.05, 0) is 77.9 Å². The van der Waals surface area contributed by atoms with Gasteiger partial charge in [0, 0.05) is 73.5 Å². The van der Waals surface area contributed by atoms with E-state index in [1.54, 1.807) is 22.7 Å². The zero-order valence-corrected chi connectivity index (χ0v) is 32.1. The molecule has 266 valence electrons. The Morgan fingerprint density at radius 2 is 0.930 bits per heavy atom. The van der Waals surface area contributed by atoms with Crippen molar-refractivity contribution in [1.29, 1.82) is 0 Å². The molecule has 0 amide bonds. The molecule has 12 aromatic rings. The highest BCUT2D eigenvalue weighted by Gasteiger charge is 2.19. The second kappa shape index (κ2) is 12.8. The van der Waals surface area contributed by atoms with Gasteiger partial charge in [-0.1, -0.05) is 115 Å². The lowest BCUT2D eigenvalue weighted by molar-refractivity contribution is 1.08. The van der Waals surface area contributed by atoms with Crippen LogP contribution in [0, 0.1) is 0 Å². The van der Waals surface area contributed by atoms with Gasteiger partial charge in [0.15, 0.2) is 17.5 Å². The standard InChI is InChI=1S/C51H30N4S2/c1-2-11-31(12-3-1)33-24-28-43-41(29-33)36-13-4-7-17-42(36)55(43)35-25-21-32(22-26-35)49-52-50(34-23-27-38-37-14-5-8-18-44(37)57-47(38)30-34)54-51(53-49)40-16-10-20-46-48(40)39-15-6-9-19-45(39)56-46/h1-30H. The maximum Gasteiger partial charge on any atom is 0.164 e. The number of para-hydroxylation sites is 1. The molecule has 0 saturated carbocycles. The quantitative estimate of drug-likeness (QED) is 0.175. The van der Waals surface area contributed by atoms with E-state index in [1.807, 2.05) is 0 Å². The van der Waals surface area contributed by atoms with Crippen LogP contribution in [0.3, 0.4) is 0 Å². The van der Waals surface area contributed by atoms with Gasteiger partial charge < -0.3 is 4.57 Å². The Kier molecular flexibility index (Phi) is 7.24. The van der Waals surface area contributed by atoms with Gasteiger partial charge in [-0.25, -0.2) is 15.0 Å². The number of benzene rings is 8. The molecular weight excluding hydrogens is 733 g/mol. The summed E-state index contributed by atoms with van der Waals surface area (Å²) in [6.07, 6.45) is 0. The monoisotopic (exact) mass is 762 g/mol. The van der Waals surface area contributed by atoms with Gasteiger partial charge in [0.25, 0.3) is 0 Å². The molecule has 0 aliphatic rings. The van der Waals surface area contributed by atoms with Gasteiger partial charge in [0.1, 0.15) is 0 Å². The van der Waals surface area contributed by atoms with E-state index in [4.69, 9.17) is 15.0 Å². The zero-order valence-electron chi connectivity index (χ0n) is 30.4. The SMILES string of the molecule is c1ccc(-c2ccc3c(c2)c2ccccc2n3-c2ccc(-c3nc(-c4ccc5c(c4)sc4ccccc45)nc(-c4cccc5sc6ccccc6c45)n3)cc2)cc1. The molecule has 0 unspecified atom stereocenters. The molecule has 6 heteroatoms. The first-order chi connectivity index (χ1) is 28.2. The fourth-order valence-electron chi connectivity index (χ4n) is 8.40. The molecule has 12 rings (SSSR count). The summed E-state index contributed by atoms with van der Waals surface area (Å²) in [6, 6.07) is 65.0. The number of hydrogen-bond acceptors (Lipinski definition) is 5. The lowest BCUT2D eigenvalue weighted by Crippen LogP contribution is -2.01. The highest BCUT2D eigenvalue weighted by molar-refractivity contribution is 7.26. The van der Waals surface area contributed by atoms with Crippen LogP contribution in [0.5, 0.6) is 0 Å². The van der Waals surface area contributed by atoms with Crippen molar-refractivity contribution >= 4 is 84.8 Å². The number of aromatic nitrogens is 4. The molecule has 0 N–H and O–H groups in total. The van der Waals surface area contributed by atoms with Gasteiger partial charge >= 0.3 is 0 Å². The van der Waals surface area contributed by atoms with Crippen molar-refractivity contribution in [2.24, 2.45) is 0 Å². The van der Waals surface area contributed by atoms with Crippen LogP contribution >= 0.6 is 22.7 Å². The van der Waals surface area contributed by atoms with E-state index in [0.29, 0.717) is 17.5 Å². The summed E-state index contributed by atoms with van der Waals surface area (Å²) in [6.45, 7) is 0. The van der Waals surface area contributed by atoms with Crippen molar-refractivity contribution in [1.82, 2.24) is 19.5 Å². The highest BCUT2D eigenvalue weighted by Crippen LogP contribution is 2.41. The van der Waals surface area contributed by atoms with E-state index < -0.39 is 0 Å². The zero-order chi connectivity index (χ0) is 37.5. The van der Waals surface area contributed by atoms with E-state index in [2.05, 4.69) is 187 Å². The van der Waals surface area contributed by atoms with Crippen molar-refractivity contribution in [3.63, 3.8) is 0 Å². The summed E-state index contributed by atoms with van der Waals surface area (Å²) in [5.41, 5.74) is 8.75. The number of hydrogen-bond donors (Lipinski definition) is 0. The molecule has 0 aliphatic carbocycles. The number of nitrogens with zero attached hydrogens (tertiary/aromatic N) is 4. The Labute approximate surface area is 335 Å². The minimum Gasteiger partial charge on any atom is -0.309 e. The van der Waals surface area contributed by atoms with Crippen molar-refractivity contribution in [3.05, 3.63) is 182 Å². The molecule has 0 bridgehead atoms. The number of thiophene rings is 2. The molecule has 0 radical (unpaired) electrons. The molecule has 0 spiro atoms. The molecule has 4 heterocycles. The molecule has 0 atom stereocenters. The Morgan fingerprint density at radius 1 is 0.333 bits per heavy atom. The molecule has 8 aromatic carbocycles. The predicted molar refractivity (Wildman–Crippen MR) is 242 cm³/mol. The van der Waals surface area contributed by atoms with E-state index in [9.17, 15) is 0 Å². The van der Waals surface area contributed by atoms with E-state index in [0.717, 1.165) is 22.4 Å². The lowest BCUT2D eigenvalue weighted by atomic mass is 10.0. The summed E-state index contributed by atoms with van der Waals surface area (Å²) in [4.78, 5) is 15.7. The van der Waals surface area contributed by atoms with Crippen LogP contribution in [0.1, 0.15) is 0 Å². The van der Waals surface area contributed by atoms with Crippen LogP contribution in [0.2, 0.25) is 0 Å². The first kappa shape index (κ1) is 32.3. The maximum absolute atomic E-state index is 5.24. The minimum absolute atomic E-state index is 0.643. The van der Waals surface area contributed by atoms with Gasteiger partial charge in [-0.2, -0.15) is 0 Å². The molecular formula is C51H30N4S2. The minimum atomic E-state index is 0.643. The van der Waals surface area contributed by atoms with Gasteiger partial charge in [-0.3, -0.25) is 0 Å². The molecule has 4 nitrogen and oxygen atoms in total. The van der Waals surface area contributed by atoms with Crippen molar-refractivity contribution in [3.8, 4) is 51.0 Å². The Hall–Kier alpha value is -6.99. The predicted octanol–water partition coefficient (Wildman–Crippen LogP) is 14.4. The maximum atomic E-state index is 5.24. The Balaban J connectivity index is 1.02. The molecule has 4 aromatic heterocycles. The summed E-state index contributed by atoms with van der Waals surface area (Å²) < 4.78 is 7.32. The van der Waals surface area contributed by atoms with Gasteiger partial charge in [0.2, 0.25) is 0 Å². The first-order valence-electron chi connectivity index (χ1n) is 19.0. The summed E-state index contributed by atoms with van der Waals surface area (Å²) in [7, 11) is 0. The normalized spacial score (nSPS) is 11.9. The van der Waals surface area contributed by atoms with Crippen molar-refractivity contribution < 1.29 is 0 Å². The van der Waals surface area contributed by atoms with Crippen molar-refractivity contribution in [2.75, 3.05) is 0 Å². The third-order valence-corrected chi connectivity index (χ3v) is 13.3. The number of rotatable bonds is 5. The van der Waals surface area contributed by atoms with Crippen LogP contribution in [0.15, 0.2) is 182 Å². The Morgan fingerprint density at radius 3 is 1.77 bits per heavy atom. The fourth-order valence-corrected chi connectivity index (χ4v) is 10.7. The first-order valence-corrected chi connectivity index (χ1v) is 20.6. The largest absolute Gasteiger partial charge is 0.309 e. The van der Waals surface area contributed by atoms with Gasteiger partial charge in [0.05, 0.1) is 11.0 Å². The van der Waals surface area contributed by atoms with Crippen molar-refractivity contribution in [2.45, 2.75) is 0 Å². The van der Waals surface area contributed by atoms with E-state index >= 15 is 0 Å².